The lowest BCUT2D eigenvalue weighted by Crippen LogP contribution is -2.30. The Labute approximate surface area is 181 Å². The summed E-state index contributed by atoms with van der Waals surface area (Å²) < 4.78 is 15.0. The maximum absolute atomic E-state index is 13.3. The quantitative estimate of drug-likeness (QED) is 0.438. The highest BCUT2D eigenvalue weighted by molar-refractivity contribution is 7.99. The zero-order valence-corrected chi connectivity index (χ0v) is 17.7. The van der Waals surface area contributed by atoms with Crippen molar-refractivity contribution in [1.29, 1.82) is 0 Å². The van der Waals surface area contributed by atoms with Gasteiger partial charge in [-0.25, -0.2) is 4.39 Å². The van der Waals surface area contributed by atoms with E-state index in [2.05, 4.69) is 20.8 Å². The van der Waals surface area contributed by atoms with Gasteiger partial charge in [0.05, 0.1) is 17.5 Å². The van der Waals surface area contributed by atoms with Gasteiger partial charge in [0.1, 0.15) is 5.82 Å². The summed E-state index contributed by atoms with van der Waals surface area (Å²) in [5.74, 6) is -0.328. The van der Waals surface area contributed by atoms with Crippen LogP contribution in [0.4, 0.5) is 4.39 Å². The van der Waals surface area contributed by atoms with Gasteiger partial charge in [0.15, 0.2) is 0 Å². The number of hydrogen-bond donors (Lipinski definition) is 1. The smallest absolute Gasteiger partial charge is 0.231 e. The van der Waals surface area contributed by atoms with E-state index >= 15 is 0 Å². The van der Waals surface area contributed by atoms with Gasteiger partial charge in [0.2, 0.25) is 11.1 Å². The van der Waals surface area contributed by atoms with Crippen LogP contribution in [0.5, 0.6) is 0 Å². The predicted octanol–water partition coefficient (Wildman–Crippen LogP) is 4.17. The lowest BCUT2D eigenvalue weighted by molar-refractivity contribution is -0.119. The lowest BCUT2D eigenvalue weighted by Gasteiger charge is -2.18. The molecular weight excluding hydrogens is 421 g/mol. The Balaban J connectivity index is 1.47. The van der Waals surface area contributed by atoms with Crippen LogP contribution in [-0.2, 0) is 4.79 Å². The average molecular weight is 440 g/mol. The molecule has 0 aliphatic rings. The summed E-state index contributed by atoms with van der Waals surface area (Å²) in [7, 11) is 0. The fourth-order valence-electron chi connectivity index (χ4n) is 2.98. The number of para-hydroxylation sites is 1. The number of benzene rings is 2. The Bertz CT molecular complexity index is 1130. The Morgan fingerprint density at radius 1 is 1.17 bits per heavy atom. The Morgan fingerprint density at radius 2 is 1.97 bits per heavy atom. The van der Waals surface area contributed by atoms with Crippen LogP contribution in [0.1, 0.15) is 22.0 Å². The van der Waals surface area contributed by atoms with Crippen molar-refractivity contribution in [2.24, 2.45) is 0 Å². The highest BCUT2D eigenvalue weighted by Gasteiger charge is 2.19. The topological polar surface area (TPSA) is 72.7 Å². The number of amides is 1. The van der Waals surface area contributed by atoms with E-state index in [0.717, 1.165) is 21.7 Å². The number of tetrazole rings is 1. The molecule has 2 heterocycles. The van der Waals surface area contributed by atoms with Crippen molar-refractivity contribution in [3.05, 3.63) is 87.9 Å². The average Bonchev–Trinajstić information content (AvgIpc) is 3.44. The predicted molar refractivity (Wildman–Crippen MR) is 115 cm³/mol. The molecular formula is C21H18FN5OS2. The number of aryl methyl sites for hydroxylation is 1. The molecule has 0 aliphatic carbocycles. The number of hydrogen-bond acceptors (Lipinski definition) is 6. The second-order valence-corrected chi connectivity index (χ2v) is 8.44. The van der Waals surface area contributed by atoms with Crippen LogP contribution in [0.3, 0.4) is 0 Å². The fraction of sp³-hybridized carbons (Fsp3) is 0.143. The highest BCUT2D eigenvalue weighted by Crippen LogP contribution is 2.27. The first-order chi connectivity index (χ1) is 14.6. The molecule has 0 saturated carbocycles. The molecule has 0 radical (unpaired) electrons. The number of aromatic nitrogens is 4. The van der Waals surface area contributed by atoms with Crippen molar-refractivity contribution in [3.8, 4) is 5.69 Å². The SMILES string of the molecule is Cc1ccccc1-n1nnnc1SCC(=O)N[C@@H](c1ccc(F)cc1)c1cccs1. The standard InChI is InChI=1S/C21H18FN5OS2/c1-14-5-2-3-6-17(14)27-21(24-25-26-27)30-13-19(28)23-20(18-7-4-12-29-18)15-8-10-16(22)11-9-15/h2-12,20H,13H2,1H3,(H,23,28)/t20-/m0/s1. The fourth-order valence-corrected chi connectivity index (χ4v) is 4.48. The lowest BCUT2D eigenvalue weighted by atomic mass is 10.1. The molecule has 2 aromatic heterocycles. The Morgan fingerprint density at radius 3 is 2.70 bits per heavy atom. The van der Waals surface area contributed by atoms with Gasteiger partial charge in [-0.05, 0) is 58.1 Å². The van der Waals surface area contributed by atoms with Crippen molar-refractivity contribution < 1.29 is 9.18 Å². The minimum Gasteiger partial charge on any atom is -0.344 e. The van der Waals surface area contributed by atoms with E-state index < -0.39 is 0 Å². The molecule has 2 aromatic carbocycles. The summed E-state index contributed by atoms with van der Waals surface area (Å²) in [4.78, 5) is 13.7. The van der Waals surface area contributed by atoms with E-state index in [1.54, 1.807) is 16.8 Å². The Hall–Kier alpha value is -3.04. The van der Waals surface area contributed by atoms with E-state index in [1.807, 2.05) is 48.7 Å². The zero-order chi connectivity index (χ0) is 20.9. The van der Waals surface area contributed by atoms with Crippen molar-refractivity contribution in [2.75, 3.05) is 5.75 Å². The minimum atomic E-state index is -0.342. The third kappa shape index (κ3) is 4.58. The van der Waals surface area contributed by atoms with E-state index in [9.17, 15) is 9.18 Å². The van der Waals surface area contributed by atoms with Crippen molar-refractivity contribution in [1.82, 2.24) is 25.5 Å². The summed E-state index contributed by atoms with van der Waals surface area (Å²) in [5, 5.41) is 17.4. The van der Waals surface area contributed by atoms with Crippen molar-refractivity contribution in [2.45, 2.75) is 18.1 Å². The van der Waals surface area contributed by atoms with Crippen LogP contribution in [0.15, 0.2) is 71.2 Å². The number of nitrogens with one attached hydrogen (secondary N) is 1. The molecule has 0 bridgehead atoms. The minimum absolute atomic E-state index is 0.148. The molecule has 4 rings (SSSR count). The first kappa shape index (κ1) is 20.2. The summed E-state index contributed by atoms with van der Waals surface area (Å²) in [5.41, 5.74) is 2.72. The molecule has 9 heteroatoms. The van der Waals surface area contributed by atoms with Gasteiger partial charge in [0.25, 0.3) is 0 Å². The summed E-state index contributed by atoms with van der Waals surface area (Å²) >= 11 is 2.80. The summed E-state index contributed by atoms with van der Waals surface area (Å²) in [6, 6.07) is 17.5. The Kier molecular flexibility index (Phi) is 6.20. The van der Waals surface area contributed by atoms with Gasteiger partial charge in [-0.3, -0.25) is 4.79 Å². The molecule has 30 heavy (non-hydrogen) atoms. The van der Waals surface area contributed by atoms with Crippen LogP contribution >= 0.6 is 23.1 Å². The summed E-state index contributed by atoms with van der Waals surface area (Å²) in [6.45, 7) is 1.98. The number of carbonyl (C=O) groups excluding carboxylic acids is 1. The molecule has 0 spiro atoms. The van der Waals surface area contributed by atoms with Gasteiger partial charge in [0, 0.05) is 4.88 Å². The molecule has 152 valence electrons. The molecule has 0 aliphatic heterocycles. The number of carbonyl (C=O) groups is 1. The van der Waals surface area contributed by atoms with Gasteiger partial charge in [-0.1, -0.05) is 48.2 Å². The van der Waals surface area contributed by atoms with Gasteiger partial charge in [-0.2, -0.15) is 4.68 Å². The monoisotopic (exact) mass is 439 g/mol. The normalized spacial score (nSPS) is 11.9. The summed E-state index contributed by atoms with van der Waals surface area (Å²) in [6.07, 6.45) is 0. The van der Waals surface area contributed by atoms with Gasteiger partial charge >= 0.3 is 0 Å². The van der Waals surface area contributed by atoms with Crippen LogP contribution < -0.4 is 5.32 Å². The third-order valence-electron chi connectivity index (χ3n) is 4.45. The van der Waals surface area contributed by atoms with Crippen LogP contribution in [0, 0.1) is 12.7 Å². The van der Waals surface area contributed by atoms with Crippen molar-refractivity contribution in [3.63, 3.8) is 0 Å². The molecule has 6 nitrogen and oxygen atoms in total. The van der Waals surface area contributed by atoms with E-state index in [4.69, 9.17) is 0 Å². The highest BCUT2D eigenvalue weighted by atomic mass is 32.2. The van der Waals surface area contributed by atoms with Crippen LogP contribution in [0.25, 0.3) is 5.69 Å². The van der Waals surface area contributed by atoms with Crippen LogP contribution in [0.2, 0.25) is 0 Å². The van der Waals surface area contributed by atoms with Gasteiger partial charge in [-0.15, -0.1) is 16.4 Å². The number of nitrogens with zero attached hydrogens (tertiary/aromatic N) is 4. The molecule has 1 amide bonds. The largest absolute Gasteiger partial charge is 0.344 e. The molecule has 0 fully saturated rings. The second-order valence-electron chi connectivity index (χ2n) is 6.52. The third-order valence-corrected chi connectivity index (χ3v) is 6.31. The number of rotatable bonds is 7. The molecule has 0 saturated heterocycles. The van der Waals surface area contributed by atoms with E-state index in [-0.39, 0.29) is 23.5 Å². The van der Waals surface area contributed by atoms with Gasteiger partial charge < -0.3 is 5.32 Å². The van der Waals surface area contributed by atoms with Crippen molar-refractivity contribution >= 4 is 29.0 Å². The maximum Gasteiger partial charge on any atom is 0.231 e. The molecule has 0 unspecified atom stereocenters. The first-order valence-electron chi connectivity index (χ1n) is 9.17. The first-order valence-corrected chi connectivity index (χ1v) is 11.0. The number of thiophene rings is 1. The molecule has 4 aromatic rings. The number of thioether (sulfide) groups is 1. The van der Waals surface area contributed by atoms with Crippen LogP contribution in [-0.4, -0.2) is 31.9 Å². The number of halogens is 1. The molecule has 1 atom stereocenters. The maximum atomic E-state index is 13.3. The zero-order valence-electron chi connectivity index (χ0n) is 16.0. The second kappa shape index (κ2) is 9.19. The molecule has 1 N–H and O–H groups in total. The van der Waals surface area contributed by atoms with E-state index in [0.29, 0.717) is 5.16 Å². The van der Waals surface area contributed by atoms with E-state index in [1.165, 1.54) is 35.2 Å².